The van der Waals surface area contributed by atoms with Crippen molar-refractivity contribution in [1.29, 1.82) is 0 Å². The predicted octanol–water partition coefficient (Wildman–Crippen LogP) is 1.30. The van der Waals surface area contributed by atoms with Crippen LogP contribution in [0.2, 0.25) is 0 Å². The Balaban J connectivity index is 2.03. The zero-order valence-electron chi connectivity index (χ0n) is 11.9. The Bertz CT molecular complexity index is 365. The minimum absolute atomic E-state index is 0.00408. The fraction of sp³-hybridized carbons (Fsp3) is 0.857. The summed E-state index contributed by atoms with van der Waals surface area (Å²) in [6, 6.07) is -0.270. The lowest BCUT2D eigenvalue weighted by molar-refractivity contribution is -0.145. The van der Waals surface area contributed by atoms with Gasteiger partial charge >= 0.3 is 12.0 Å². The molecule has 2 rings (SSSR count). The second-order valence-corrected chi connectivity index (χ2v) is 6.08. The number of likely N-dealkylation sites (tertiary alicyclic amines) is 1. The summed E-state index contributed by atoms with van der Waals surface area (Å²) in [5.74, 6) is -0.908. The number of hydrogen-bond donors (Lipinski definition) is 3. The first-order valence-corrected chi connectivity index (χ1v) is 7.59. The maximum absolute atomic E-state index is 12.3. The molecule has 0 aromatic heterocycles. The Morgan fingerprint density at radius 1 is 1.15 bits per heavy atom. The highest BCUT2D eigenvalue weighted by atomic mass is 16.4. The number of nitrogens with one attached hydrogen (secondary N) is 1. The van der Waals surface area contributed by atoms with Crippen molar-refractivity contribution >= 4 is 12.0 Å². The molecule has 0 aromatic rings. The van der Waals surface area contributed by atoms with Gasteiger partial charge in [-0.25, -0.2) is 9.59 Å². The van der Waals surface area contributed by atoms with Crippen molar-refractivity contribution in [1.82, 2.24) is 10.2 Å². The summed E-state index contributed by atoms with van der Waals surface area (Å²) in [6.07, 6.45) is 6.64. The molecule has 1 heterocycles. The van der Waals surface area contributed by atoms with Gasteiger partial charge in [-0.2, -0.15) is 0 Å². The van der Waals surface area contributed by atoms with Crippen LogP contribution in [0.15, 0.2) is 0 Å². The Hall–Kier alpha value is -1.30. The molecule has 6 nitrogen and oxygen atoms in total. The van der Waals surface area contributed by atoms with Gasteiger partial charge in [-0.05, 0) is 25.7 Å². The van der Waals surface area contributed by atoms with E-state index in [2.05, 4.69) is 5.32 Å². The van der Waals surface area contributed by atoms with Crippen molar-refractivity contribution in [2.45, 2.75) is 62.9 Å². The number of urea groups is 1. The number of piperidine rings is 1. The van der Waals surface area contributed by atoms with Crippen LogP contribution < -0.4 is 11.1 Å². The van der Waals surface area contributed by atoms with Gasteiger partial charge in [0, 0.05) is 19.1 Å². The Morgan fingerprint density at radius 2 is 1.80 bits per heavy atom. The molecule has 1 atom stereocenters. The van der Waals surface area contributed by atoms with Crippen molar-refractivity contribution in [3.8, 4) is 0 Å². The molecule has 2 aliphatic rings. The Kier molecular flexibility index (Phi) is 4.86. The van der Waals surface area contributed by atoms with Crippen LogP contribution in [0.5, 0.6) is 0 Å². The smallest absolute Gasteiger partial charge is 0.329 e. The van der Waals surface area contributed by atoms with Crippen molar-refractivity contribution in [2.75, 3.05) is 13.1 Å². The number of aliphatic carboxylic acids is 1. The van der Waals surface area contributed by atoms with Crippen molar-refractivity contribution < 1.29 is 14.7 Å². The summed E-state index contributed by atoms with van der Waals surface area (Å²) < 4.78 is 0. The molecule has 0 spiro atoms. The Morgan fingerprint density at radius 3 is 2.35 bits per heavy atom. The van der Waals surface area contributed by atoms with Crippen LogP contribution in [0.4, 0.5) is 4.79 Å². The summed E-state index contributed by atoms with van der Waals surface area (Å²) in [4.78, 5) is 25.6. The van der Waals surface area contributed by atoms with Gasteiger partial charge in [0.05, 0.1) is 0 Å². The minimum atomic E-state index is -1.09. The third-order valence-electron chi connectivity index (χ3n) is 4.46. The van der Waals surface area contributed by atoms with E-state index < -0.39 is 11.5 Å². The second-order valence-electron chi connectivity index (χ2n) is 6.08. The molecular formula is C14H25N3O3. The lowest BCUT2D eigenvalue weighted by Gasteiger charge is -2.35. The number of hydrogen-bond acceptors (Lipinski definition) is 3. The average Bonchev–Trinajstić information content (AvgIpc) is 2.65. The summed E-state index contributed by atoms with van der Waals surface area (Å²) >= 11 is 0. The van der Waals surface area contributed by atoms with Crippen molar-refractivity contribution in [3.63, 3.8) is 0 Å². The molecule has 6 heteroatoms. The highest BCUT2D eigenvalue weighted by Gasteiger charge is 2.41. The molecule has 0 aromatic carbocycles. The molecule has 1 saturated carbocycles. The number of carboxylic acids is 1. The molecule has 4 N–H and O–H groups in total. The quantitative estimate of drug-likeness (QED) is 0.665. The first-order valence-electron chi connectivity index (χ1n) is 7.59. The first kappa shape index (κ1) is 15.1. The molecule has 1 aliphatic carbocycles. The van der Waals surface area contributed by atoms with Crippen LogP contribution in [0, 0.1) is 0 Å². The lowest BCUT2D eigenvalue weighted by atomic mass is 9.90. The van der Waals surface area contributed by atoms with Crippen LogP contribution in [-0.2, 0) is 4.79 Å². The van der Waals surface area contributed by atoms with Gasteiger partial charge in [-0.3, -0.25) is 0 Å². The third-order valence-corrected chi connectivity index (χ3v) is 4.46. The zero-order chi connectivity index (χ0) is 14.6. The van der Waals surface area contributed by atoms with Crippen LogP contribution >= 0.6 is 0 Å². The van der Waals surface area contributed by atoms with E-state index in [-0.39, 0.29) is 12.1 Å². The lowest BCUT2D eigenvalue weighted by Crippen LogP contribution is -2.59. The summed E-state index contributed by atoms with van der Waals surface area (Å²) in [6.45, 7) is 1.18. The topological polar surface area (TPSA) is 95.7 Å². The van der Waals surface area contributed by atoms with Gasteiger partial charge in [0.25, 0.3) is 0 Å². The van der Waals surface area contributed by atoms with Gasteiger partial charge in [-0.1, -0.05) is 25.7 Å². The largest absolute Gasteiger partial charge is 0.480 e. The molecule has 1 saturated heterocycles. The van der Waals surface area contributed by atoms with Crippen LogP contribution in [-0.4, -0.2) is 46.7 Å². The van der Waals surface area contributed by atoms with E-state index in [4.69, 9.17) is 5.73 Å². The summed E-state index contributed by atoms with van der Waals surface area (Å²) in [5.41, 5.74) is 4.79. The van der Waals surface area contributed by atoms with Crippen LogP contribution in [0.3, 0.4) is 0 Å². The fourth-order valence-corrected chi connectivity index (χ4v) is 3.20. The first-order chi connectivity index (χ1) is 9.53. The summed E-state index contributed by atoms with van der Waals surface area (Å²) in [5, 5.41) is 12.3. The van der Waals surface area contributed by atoms with E-state index >= 15 is 0 Å². The number of carboxylic acid groups (broad SMARTS) is 1. The van der Waals surface area contributed by atoms with Crippen molar-refractivity contribution in [3.05, 3.63) is 0 Å². The van der Waals surface area contributed by atoms with E-state index in [0.717, 1.165) is 38.5 Å². The van der Waals surface area contributed by atoms with Gasteiger partial charge in [-0.15, -0.1) is 0 Å². The van der Waals surface area contributed by atoms with E-state index in [0.29, 0.717) is 25.9 Å². The van der Waals surface area contributed by atoms with Crippen molar-refractivity contribution in [2.24, 2.45) is 5.73 Å². The van der Waals surface area contributed by atoms with Crippen LogP contribution in [0.1, 0.15) is 51.4 Å². The molecule has 2 amide bonds. The molecule has 2 fully saturated rings. The maximum atomic E-state index is 12.3. The van der Waals surface area contributed by atoms with Crippen LogP contribution in [0.25, 0.3) is 0 Å². The van der Waals surface area contributed by atoms with Gasteiger partial charge < -0.3 is 21.1 Å². The summed E-state index contributed by atoms with van der Waals surface area (Å²) in [7, 11) is 0. The molecule has 0 radical (unpaired) electrons. The highest BCUT2D eigenvalue weighted by molar-refractivity contribution is 5.86. The second kappa shape index (κ2) is 6.43. The fourth-order valence-electron chi connectivity index (χ4n) is 3.20. The SMILES string of the molecule is NC1CCCN(C(=O)NC2(C(=O)O)CCCCCC2)C1. The Labute approximate surface area is 119 Å². The molecule has 0 bridgehead atoms. The predicted molar refractivity (Wildman–Crippen MR) is 75.4 cm³/mol. The molecule has 1 unspecified atom stereocenters. The number of nitrogens with zero attached hydrogens (tertiary/aromatic N) is 1. The number of rotatable bonds is 2. The molecule has 20 heavy (non-hydrogen) atoms. The molecule has 114 valence electrons. The average molecular weight is 283 g/mol. The zero-order valence-corrected chi connectivity index (χ0v) is 11.9. The molecular weight excluding hydrogens is 258 g/mol. The minimum Gasteiger partial charge on any atom is -0.480 e. The number of carbonyl (C=O) groups is 2. The maximum Gasteiger partial charge on any atom is 0.329 e. The standard InChI is InChI=1S/C14H25N3O3/c15-11-6-5-9-17(10-11)13(20)16-14(12(18)19)7-3-1-2-4-8-14/h11H,1-10,15H2,(H,16,20)(H,18,19). The number of nitrogens with two attached hydrogens (primary N) is 1. The monoisotopic (exact) mass is 283 g/mol. The van der Waals surface area contributed by atoms with E-state index in [9.17, 15) is 14.7 Å². The van der Waals surface area contributed by atoms with E-state index in [1.165, 1.54) is 0 Å². The number of amides is 2. The van der Waals surface area contributed by atoms with Gasteiger partial charge in [0.1, 0.15) is 5.54 Å². The van der Waals surface area contributed by atoms with E-state index in [1.54, 1.807) is 4.90 Å². The number of carbonyl (C=O) groups excluding carboxylic acids is 1. The third kappa shape index (κ3) is 3.42. The van der Waals surface area contributed by atoms with Gasteiger partial charge in [0.2, 0.25) is 0 Å². The molecule has 1 aliphatic heterocycles. The normalized spacial score (nSPS) is 26.6. The van der Waals surface area contributed by atoms with E-state index in [1.807, 2.05) is 0 Å². The van der Waals surface area contributed by atoms with Gasteiger partial charge in [0.15, 0.2) is 0 Å². The highest BCUT2D eigenvalue weighted by Crippen LogP contribution is 2.28.